The fourth-order valence-corrected chi connectivity index (χ4v) is 3.83. The number of sulfonamides is 1. The molecule has 0 unspecified atom stereocenters. The summed E-state index contributed by atoms with van der Waals surface area (Å²) in [6.07, 6.45) is -2.51. The standard InChI is InChI=1S/C22H17ClF4N2O4S/c1-11-7-15(20(30)29-34(3,31)32)18(24)9-14(11)13-8-17(23)21(28-10-13)33-19-6-4-5-16(12(19)2)22(25,26)27/h4-10H,1-3H3,(H,29,30). The van der Waals surface area contributed by atoms with E-state index in [1.54, 1.807) is 11.6 Å². The number of hydrogen-bond donors (Lipinski definition) is 1. The van der Waals surface area contributed by atoms with Gasteiger partial charge in [-0.3, -0.25) is 4.79 Å². The van der Waals surface area contributed by atoms with E-state index in [0.29, 0.717) is 16.7 Å². The summed E-state index contributed by atoms with van der Waals surface area (Å²) < 4.78 is 83.6. The number of carbonyl (C=O) groups excluding carboxylic acids is 1. The number of rotatable bonds is 5. The molecule has 0 saturated carbocycles. The Morgan fingerprint density at radius 1 is 1.15 bits per heavy atom. The Labute approximate surface area is 197 Å². The third-order valence-corrected chi connectivity index (χ3v) is 5.58. The molecule has 0 radical (unpaired) electrons. The average molecular weight is 517 g/mol. The summed E-state index contributed by atoms with van der Waals surface area (Å²) in [5.41, 5.74) is -0.401. The van der Waals surface area contributed by atoms with Crippen LogP contribution in [0.4, 0.5) is 17.6 Å². The molecule has 2 aromatic carbocycles. The molecule has 3 rings (SSSR count). The highest BCUT2D eigenvalue weighted by Crippen LogP contribution is 2.38. The Morgan fingerprint density at radius 3 is 2.41 bits per heavy atom. The molecule has 6 nitrogen and oxygen atoms in total. The van der Waals surface area contributed by atoms with Gasteiger partial charge in [0.25, 0.3) is 5.91 Å². The fourth-order valence-electron chi connectivity index (χ4n) is 3.17. The molecule has 0 spiro atoms. The quantitative estimate of drug-likeness (QED) is 0.442. The maximum absolute atomic E-state index is 14.6. The van der Waals surface area contributed by atoms with E-state index in [9.17, 15) is 30.8 Å². The minimum Gasteiger partial charge on any atom is -0.437 e. The number of aryl methyl sites for hydroxylation is 1. The van der Waals surface area contributed by atoms with Crippen molar-refractivity contribution in [1.29, 1.82) is 0 Å². The van der Waals surface area contributed by atoms with Crippen molar-refractivity contribution >= 4 is 27.5 Å². The number of amides is 1. The number of carbonyl (C=O) groups is 1. The van der Waals surface area contributed by atoms with E-state index >= 15 is 0 Å². The summed E-state index contributed by atoms with van der Waals surface area (Å²) in [4.78, 5) is 16.1. The van der Waals surface area contributed by atoms with E-state index in [2.05, 4.69) is 4.98 Å². The molecule has 0 atom stereocenters. The molecule has 1 aromatic heterocycles. The molecule has 34 heavy (non-hydrogen) atoms. The molecule has 3 aromatic rings. The van der Waals surface area contributed by atoms with Gasteiger partial charge in [-0.25, -0.2) is 22.5 Å². The number of ether oxygens (including phenoxy) is 1. The van der Waals surface area contributed by atoms with Gasteiger partial charge in [0.1, 0.15) is 16.6 Å². The zero-order chi connectivity index (χ0) is 25.4. The first-order chi connectivity index (χ1) is 15.7. The Hall–Kier alpha value is -3.18. The van der Waals surface area contributed by atoms with Crippen LogP contribution in [0.25, 0.3) is 11.1 Å². The summed E-state index contributed by atoms with van der Waals surface area (Å²) >= 11 is 6.22. The van der Waals surface area contributed by atoms with Gasteiger partial charge < -0.3 is 4.74 Å². The lowest BCUT2D eigenvalue weighted by molar-refractivity contribution is -0.138. The highest BCUT2D eigenvalue weighted by molar-refractivity contribution is 7.89. The highest BCUT2D eigenvalue weighted by atomic mass is 35.5. The van der Waals surface area contributed by atoms with Crippen molar-refractivity contribution in [3.63, 3.8) is 0 Å². The summed E-state index contributed by atoms with van der Waals surface area (Å²) in [6, 6.07) is 7.05. The van der Waals surface area contributed by atoms with Gasteiger partial charge in [0.05, 0.1) is 17.4 Å². The smallest absolute Gasteiger partial charge is 0.416 e. The lowest BCUT2D eigenvalue weighted by Crippen LogP contribution is -2.30. The maximum Gasteiger partial charge on any atom is 0.416 e. The van der Waals surface area contributed by atoms with Gasteiger partial charge in [-0.15, -0.1) is 0 Å². The van der Waals surface area contributed by atoms with Crippen molar-refractivity contribution in [3.8, 4) is 22.8 Å². The van der Waals surface area contributed by atoms with Crippen molar-refractivity contribution < 1.29 is 35.5 Å². The number of nitrogens with zero attached hydrogens (tertiary/aromatic N) is 1. The second-order valence-corrected chi connectivity index (χ2v) is 9.55. The van der Waals surface area contributed by atoms with Crippen LogP contribution in [0.5, 0.6) is 11.6 Å². The van der Waals surface area contributed by atoms with Gasteiger partial charge in [0.2, 0.25) is 15.9 Å². The van der Waals surface area contributed by atoms with E-state index in [-0.39, 0.29) is 22.2 Å². The molecule has 0 aliphatic rings. The number of nitrogens with one attached hydrogen (secondary N) is 1. The van der Waals surface area contributed by atoms with Crippen LogP contribution in [0, 0.1) is 19.7 Å². The molecule has 0 fully saturated rings. The highest BCUT2D eigenvalue weighted by Gasteiger charge is 2.33. The number of pyridine rings is 1. The first-order valence-corrected chi connectivity index (χ1v) is 11.8. The van der Waals surface area contributed by atoms with E-state index in [1.165, 1.54) is 37.4 Å². The Bertz CT molecular complexity index is 1390. The summed E-state index contributed by atoms with van der Waals surface area (Å²) in [7, 11) is -3.88. The molecule has 0 aliphatic carbocycles. The third-order valence-electron chi connectivity index (χ3n) is 4.75. The van der Waals surface area contributed by atoms with E-state index in [1.807, 2.05) is 0 Å². The zero-order valence-electron chi connectivity index (χ0n) is 17.9. The van der Waals surface area contributed by atoms with Crippen LogP contribution in [0.15, 0.2) is 42.6 Å². The molecular formula is C22H17ClF4N2O4S. The van der Waals surface area contributed by atoms with Gasteiger partial charge in [-0.05, 0) is 55.3 Å². The number of halogens is 5. The topological polar surface area (TPSA) is 85.4 Å². The number of hydrogen-bond acceptors (Lipinski definition) is 5. The lowest BCUT2D eigenvalue weighted by atomic mass is 9.99. The lowest BCUT2D eigenvalue weighted by Gasteiger charge is -2.15. The number of benzene rings is 2. The molecule has 1 amide bonds. The molecule has 1 heterocycles. The Balaban J connectivity index is 1.93. The van der Waals surface area contributed by atoms with Crippen LogP contribution in [0.1, 0.15) is 27.0 Å². The molecule has 0 aliphatic heterocycles. The van der Waals surface area contributed by atoms with Crippen LogP contribution >= 0.6 is 11.6 Å². The van der Waals surface area contributed by atoms with E-state index in [0.717, 1.165) is 18.4 Å². The van der Waals surface area contributed by atoms with Crippen molar-refractivity contribution in [1.82, 2.24) is 9.71 Å². The minimum absolute atomic E-state index is 0.0481. The SMILES string of the molecule is Cc1cc(C(=O)NS(C)(=O)=O)c(F)cc1-c1cnc(Oc2cccc(C(F)(F)F)c2C)c(Cl)c1. The van der Waals surface area contributed by atoms with Gasteiger partial charge in [-0.1, -0.05) is 17.7 Å². The van der Waals surface area contributed by atoms with Crippen LogP contribution in [-0.2, 0) is 16.2 Å². The van der Waals surface area contributed by atoms with Crippen LogP contribution in [-0.4, -0.2) is 25.6 Å². The monoisotopic (exact) mass is 516 g/mol. The van der Waals surface area contributed by atoms with Crippen molar-refractivity contribution in [2.45, 2.75) is 20.0 Å². The molecule has 0 bridgehead atoms. The van der Waals surface area contributed by atoms with Crippen LogP contribution in [0.2, 0.25) is 5.02 Å². The summed E-state index contributed by atoms with van der Waals surface area (Å²) in [6.45, 7) is 2.82. The first-order valence-electron chi connectivity index (χ1n) is 9.50. The normalized spacial score (nSPS) is 11.9. The molecular weight excluding hydrogens is 500 g/mol. The maximum atomic E-state index is 14.6. The van der Waals surface area contributed by atoms with E-state index < -0.39 is 39.1 Å². The fraction of sp³-hybridized carbons (Fsp3) is 0.182. The summed E-state index contributed by atoms with van der Waals surface area (Å²) in [5, 5.41) is -0.0481. The van der Waals surface area contributed by atoms with E-state index in [4.69, 9.17) is 16.3 Å². The van der Waals surface area contributed by atoms with Gasteiger partial charge in [0.15, 0.2) is 0 Å². The average Bonchev–Trinajstić information content (AvgIpc) is 2.70. The van der Waals surface area contributed by atoms with Crippen molar-refractivity contribution in [2.75, 3.05) is 6.26 Å². The molecule has 0 saturated heterocycles. The Kier molecular flexibility index (Phi) is 6.90. The number of alkyl halides is 3. The van der Waals surface area contributed by atoms with Gasteiger partial charge in [0, 0.05) is 17.3 Å². The second kappa shape index (κ2) is 9.22. The summed E-state index contributed by atoms with van der Waals surface area (Å²) in [5.74, 6) is -2.33. The third kappa shape index (κ3) is 5.65. The van der Waals surface area contributed by atoms with Crippen LogP contribution < -0.4 is 9.46 Å². The van der Waals surface area contributed by atoms with Gasteiger partial charge >= 0.3 is 6.18 Å². The predicted octanol–water partition coefficient (Wildman–Crippen LogP) is 5.66. The second-order valence-electron chi connectivity index (χ2n) is 7.39. The minimum atomic E-state index is -4.56. The molecule has 1 N–H and O–H groups in total. The van der Waals surface area contributed by atoms with Crippen molar-refractivity contribution in [2.24, 2.45) is 0 Å². The largest absolute Gasteiger partial charge is 0.437 e. The van der Waals surface area contributed by atoms with Crippen LogP contribution in [0.3, 0.4) is 0 Å². The van der Waals surface area contributed by atoms with Gasteiger partial charge in [-0.2, -0.15) is 13.2 Å². The number of aromatic nitrogens is 1. The molecule has 180 valence electrons. The Morgan fingerprint density at radius 2 is 1.82 bits per heavy atom. The zero-order valence-corrected chi connectivity index (χ0v) is 19.5. The molecule has 12 heteroatoms. The first kappa shape index (κ1) is 25.4. The van der Waals surface area contributed by atoms with Crippen molar-refractivity contribution in [3.05, 3.63) is 75.7 Å². The predicted molar refractivity (Wildman–Crippen MR) is 118 cm³/mol.